The number of nitrogens with one attached hydrogen (secondary N) is 1. The van der Waals surface area contributed by atoms with Crippen LogP contribution in [0.15, 0.2) is 35.2 Å². The Kier molecular flexibility index (Phi) is 4.30. The molecule has 0 saturated heterocycles. The number of allylic oxidation sites excluding steroid dienone is 1. The van der Waals surface area contributed by atoms with E-state index in [9.17, 15) is 8.42 Å². The van der Waals surface area contributed by atoms with Crippen LogP contribution in [0, 0.1) is 5.92 Å². The van der Waals surface area contributed by atoms with Crippen molar-refractivity contribution in [1.82, 2.24) is 0 Å². The second kappa shape index (κ2) is 5.78. The van der Waals surface area contributed by atoms with Crippen LogP contribution in [0.3, 0.4) is 0 Å². The number of hydrogen-bond donors (Lipinski definition) is 1. The van der Waals surface area contributed by atoms with Crippen molar-refractivity contribution in [3.63, 3.8) is 0 Å². The predicted octanol–water partition coefficient (Wildman–Crippen LogP) is 3.03. The molecule has 1 N–H and O–H groups in total. The lowest BCUT2D eigenvalue weighted by atomic mass is 10.1. The fourth-order valence-corrected chi connectivity index (χ4v) is 3.31. The Balaban J connectivity index is 2.09. The fraction of sp³-hybridized carbons (Fsp3) is 0.467. The largest absolute Gasteiger partial charge is 0.384 e. The Morgan fingerprint density at radius 3 is 2.84 bits per heavy atom. The molecule has 4 heteroatoms. The van der Waals surface area contributed by atoms with E-state index < -0.39 is 9.84 Å². The molecule has 0 fully saturated rings. The van der Waals surface area contributed by atoms with Crippen LogP contribution >= 0.6 is 0 Å². The maximum absolute atomic E-state index is 12.2. The van der Waals surface area contributed by atoms with E-state index >= 15 is 0 Å². The lowest BCUT2D eigenvalue weighted by Crippen LogP contribution is -2.05. The zero-order valence-corrected chi connectivity index (χ0v) is 12.3. The van der Waals surface area contributed by atoms with E-state index in [1.54, 1.807) is 18.2 Å². The van der Waals surface area contributed by atoms with Gasteiger partial charge >= 0.3 is 0 Å². The minimum atomic E-state index is -3.19. The van der Waals surface area contributed by atoms with Crippen LogP contribution in [0.4, 0.5) is 5.69 Å². The van der Waals surface area contributed by atoms with Crippen LogP contribution in [0.5, 0.6) is 0 Å². The molecular formula is C15H21NO2S. The molecule has 0 aliphatic carbocycles. The highest BCUT2D eigenvalue weighted by molar-refractivity contribution is 7.91. The summed E-state index contributed by atoms with van der Waals surface area (Å²) in [6.45, 7) is 5.13. The third-order valence-corrected chi connectivity index (χ3v) is 4.84. The molecule has 1 aromatic carbocycles. The van der Waals surface area contributed by atoms with Gasteiger partial charge in [-0.2, -0.15) is 0 Å². The normalized spacial score (nSPS) is 14.9. The smallest absolute Gasteiger partial charge is 0.181 e. The van der Waals surface area contributed by atoms with Gasteiger partial charge in [0.1, 0.15) is 0 Å². The van der Waals surface area contributed by atoms with Gasteiger partial charge in [-0.25, -0.2) is 8.42 Å². The van der Waals surface area contributed by atoms with E-state index in [1.165, 1.54) is 0 Å². The summed E-state index contributed by atoms with van der Waals surface area (Å²) >= 11 is 0. The molecule has 1 aromatic rings. The van der Waals surface area contributed by atoms with Crippen molar-refractivity contribution < 1.29 is 8.42 Å². The van der Waals surface area contributed by atoms with Gasteiger partial charge in [-0.1, -0.05) is 26.0 Å². The second-order valence-corrected chi connectivity index (χ2v) is 7.41. The van der Waals surface area contributed by atoms with Crippen LogP contribution in [-0.2, 0) is 16.3 Å². The molecule has 1 heterocycles. The average Bonchev–Trinajstić information content (AvgIpc) is 2.81. The molecular weight excluding hydrogens is 258 g/mol. The molecule has 0 spiro atoms. The van der Waals surface area contributed by atoms with Gasteiger partial charge in [0.25, 0.3) is 0 Å². The summed E-state index contributed by atoms with van der Waals surface area (Å²) in [7, 11) is -3.19. The Hall–Kier alpha value is -1.29. The van der Waals surface area contributed by atoms with Crippen molar-refractivity contribution in [3.8, 4) is 0 Å². The van der Waals surface area contributed by atoms with E-state index in [0.29, 0.717) is 10.8 Å². The number of anilines is 1. The first kappa shape index (κ1) is 14.1. The number of fused-ring (bicyclic) bond motifs is 1. The Labute approximate surface area is 115 Å². The first-order chi connectivity index (χ1) is 8.99. The number of hydrogen-bond acceptors (Lipinski definition) is 3. The highest BCUT2D eigenvalue weighted by Crippen LogP contribution is 2.25. The highest BCUT2D eigenvalue weighted by Gasteiger charge is 2.17. The van der Waals surface area contributed by atoms with Crippen LogP contribution in [0.25, 0.3) is 0 Å². The van der Waals surface area contributed by atoms with Crippen molar-refractivity contribution in [2.75, 3.05) is 17.6 Å². The Morgan fingerprint density at radius 2 is 2.11 bits per heavy atom. The van der Waals surface area contributed by atoms with E-state index in [2.05, 4.69) is 19.2 Å². The molecule has 2 rings (SSSR count). The molecule has 19 heavy (non-hydrogen) atoms. The van der Waals surface area contributed by atoms with E-state index in [-0.39, 0.29) is 5.75 Å². The van der Waals surface area contributed by atoms with Crippen molar-refractivity contribution in [1.29, 1.82) is 0 Å². The van der Waals surface area contributed by atoms with Crippen LogP contribution < -0.4 is 5.32 Å². The standard InChI is InChI=1S/C15H21NO2S/c1-12(2)5-3-4-10-19(17,18)14-6-7-15-13(11-14)8-9-16-15/h3-4,6-7,11-12,16H,5,8-10H2,1-2H3. The SMILES string of the molecule is CC(C)CC=CCS(=O)(=O)c1ccc2c(c1)CCN2. The highest BCUT2D eigenvalue weighted by atomic mass is 32.2. The van der Waals surface area contributed by atoms with Crippen LogP contribution in [-0.4, -0.2) is 20.7 Å². The number of rotatable bonds is 5. The van der Waals surface area contributed by atoms with Crippen LogP contribution in [0.2, 0.25) is 0 Å². The fourth-order valence-electron chi connectivity index (χ4n) is 2.13. The van der Waals surface area contributed by atoms with E-state index in [1.807, 2.05) is 12.1 Å². The molecule has 1 aliphatic rings. The van der Waals surface area contributed by atoms with Crippen molar-refractivity contribution >= 4 is 15.5 Å². The summed E-state index contributed by atoms with van der Waals surface area (Å²) in [6.07, 6.45) is 5.55. The minimum Gasteiger partial charge on any atom is -0.384 e. The van der Waals surface area contributed by atoms with Gasteiger partial charge in [0.2, 0.25) is 0 Å². The molecule has 0 aromatic heterocycles. The minimum absolute atomic E-state index is 0.0892. The Bertz CT molecular complexity index is 574. The van der Waals surface area contributed by atoms with E-state index in [4.69, 9.17) is 0 Å². The molecule has 0 unspecified atom stereocenters. The van der Waals surface area contributed by atoms with Crippen molar-refractivity contribution in [2.24, 2.45) is 5.92 Å². The number of benzene rings is 1. The van der Waals surface area contributed by atoms with Gasteiger partial charge < -0.3 is 5.32 Å². The summed E-state index contributed by atoms with van der Waals surface area (Å²) in [5.41, 5.74) is 2.17. The van der Waals surface area contributed by atoms with Crippen LogP contribution in [0.1, 0.15) is 25.8 Å². The summed E-state index contributed by atoms with van der Waals surface area (Å²) in [5, 5.41) is 3.23. The maximum atomic E-state index is 12.2. The van der Waals surface area contributed by atoms with Gasteiger partial charge in [0, 0.05) is 12.2 Å². The van der Waals surface area contributed by atoms with E-state index in [0.717, 1.165) is 30.6 Å². The molecule has 1 aliphatic heterocycles. The molecule has 3 nitrogen and oxygen atoms in total. The summed E-state index contributed by atoms with van der Waals surface area (Å²) in [5.74, 6) is 0.649. The summed E-state index contributed by atoms with van der Waals surface area (Å²) in [4.78, 5) is 0.434. The lowest BCUT2D eigenvalue weighted by molar-refractivity contribution is 0.598. The molecule has 0 amide bonds. The zero-order chi connectivity index (χ0) is 13.9. The number of sulfone groups is 1. The molecule has 0 radical (unpaired) electrons. The quantitative estimate of drug-likeness (QED) is 0.843. The van der Waals surface area contributed by atoms with Gasteiger partial charge in [-0.3, -0.25) is 0 Å². The third-order valence-electron chi connectivity index (χ3n) is 3.24. The van der Waals surface area contributed by atoms with Gasteiger partial charge in [0.15, 0.2) is 9.84 Å². The monoisotopic (exact) mass is 279 g/mol. The first-order valence-electron chi connectivity index (χ1n) is 6.73. The molecule has 0 bridgehead atoms. The molecule has 0 atom stereocenters. The average molecular weight is 279 g/mol. The van der Waals surface area contributed by atoms with Gasteiger partial charge in [-0.15, -0.1) is 0 Å². The molecule has 0 saturated carbocycles. The Morgan fingerprint density at radius 1 is 1.32 bits per heavy atom. The zero-order valence-electron chi connectivity index (χ0n) is 11.5. The summed E-state index contributed by atoms with van der Waals surface area (Å²) < 4.78 is 24.4. The van der Waals surface area contributed by atoms with Gasteiger partial charge in [0.05, 0.1) is 10.6 Å². The second-order valence-electron chi connectivity index (χ2n) is 5.38. The van der Waals surface area contributed by atoms with Crippen molar-refractivity contribution in [2.45, 2.75) is 31.6 Å². The topological polar surface area (TPSA) is 46.2 Å². The summed E-state index contributed by atoms with van der Waals surface area (Å²) in [6, 6.07) is 5.37. The predicted molar refractivity (Wildman–Crippen MR) is 79.3 cm³/mol. The lowest BCUT2D eigenvalue weighted by Gasteiger charge is -2.05. The van der Waals surface area contributed by atoms with Crippen molar-refractivity contribution in [3.05, 3.63) is 35.9 Å². The van der Waals surface area contributed by atoms with Gasteiger partial charge in [-0.05, 0) is 42.5 Å². The third kappa shape index (κ3) is 3.60. The first-order valence-corrected chi connectivity index (χ1v) is 8.39. The maximum Gasteiger partial charge on any atom is 0.181 e. The molecule has 104 valence electrons.